The first-order valence-electron chi connectivity index (χ1n) is 7.94. The zero-order valence-electron chi connectivity index (χ0n) is 13.0. The van der Waals surface area contributed by atoms with Crippen LogP contribution in [0, 0.1) is 0 Å². The maximum Gasteiger partial charge on any atom is 0.237 e. The minimum atomic E-state index is -0.533. The second kappa shape index (κ2) is 10.2. The third-order valence-electron chi connectivity index (χ3n) is 3.56. The van der Waals surface area contributed by atoms with Gasteiger partial charge in [0.2, 0.25) is 5.91 Å². The van der Waals surface area contributed by atoms with E-state index in [0.29, 0.717) is 13.0 Å². The number of carbonyl (C=O) groups excluding carboxylic acids is 1. The third-order valence-corrected chi connectivity index (χ3v) is 3.56. The van der Waals surface area contributed by atoms with Gasteiger partial charge >= 0.3 is 0 Å². The third kappa shape index (κ3) is 7.71. The molecule has 0 radical (unpaired) electrons. The number of carbonyl (C=O) groups is 1. The highest BCUT2D eigenvalue weighted by atomic mass is 16.3. The zero-order valence-corrected chi connectivity index (χ0v) is 13.0. The van der Waals surface area contributed by atoms with Crippen LogP contribution in [-0.2, 0) is 11.2 Å². The largest absolute Gasteiger partial charge is 0.508 e. The Balaban J connectivity index is 2.15. The molecule has 0 spiro atoms. The molecule has 0 aliphatic heterocycles. The van der Waals surface area contributed by atoms with Crippen molar-refractivity contribution in [2.75, 3.05) is 6.54 Å². The van der Waals surface area contributed by atoms with Crippen molar-refractivity contribution in [2.45, 2.75) is 57.9 Å². The van der Waals surface area contributed by atoms with Crippen LogP contribution in [0.1, 0.15) is 51.0 Å². The van der Waals surface area contributed by atoms with E-state index in [1.165, 1.54) is 25.7 Å². The summed E-state index contributed by atoms with van der Waals surface area (Å²) in [4.78, 5) is 11.9. The van der Waals surface area contributed by atoms with Crippen LogP contribution in [0.2, 0.25) is 0 Å². The van der Waals surface area contributed by atoms with Crippen LogP contribution in [0.25, 0.3) is 0 Å². The fourth-order valence-corrected chi connectivity index (χ4v) is 2.23. The molecule has 4 heteroatoms. The molecule has 0 unspecified atom stereocenters. The number of hydrogen-bond acceptors (Lipinski definition) is 3. The summed E-state index contributed by atoms with van der Waals surface area (Å²) in [5.41, 5.74) is 6.85. The molecule has 0 bridgehead atoms. The Morgan fingerprint density at radius 2 is 1.76 bits per heavy atom. The van der Waals surface area contributed by atoms with E-state index in [2.05, 4.69) is 12.2 Å². The normalized spacial score (nSPS) is 12.1. The van der Waals surface area contributed by atoms with Gasteiger partial charge in [-0.1, -0.05) is 51.2 Å². The van der Waals surface area contributed by atoms with E-state index in [-0.39, 0.29) is 11.7 Å². The van der Waals surface area contributed by atoms with Crippen LogP contribution >= 0.6 is 0 Å². The number of aromatic hydroxyl groups is 1. The van der Waals surface area contributed by atoms with E-state index < -0.39 is 6.04 Å². The van der Waals surface area contributed by atoms with Crippen molar-refractivity contribution in [2.24, 2.45) is 5.73 Å². The second-order valence-electron chi connectivity index (χ2n) is 5.54. The van der Waals surface area contributed by atoms with Gasteiger partial charge in [-0.15, -0.1) is 0 Å². The average molecular weight is 292 g/mol. The summed E-state index contributed by atoms with van der Waals surface area (Å²) in [6.45, 7) is 2.91. The number of phenols is 1. The molecule has 1 aromatic rings. The maximum atomic E-state index is 11.9. The highest BCUT2D eigenvalue weighted by Crippen LogP contribution is 2.11. The number of nitrogens with one attached hydrogen (secondary N) is 1. The van der Waals surface area contributed by atoms with Gasteiger partial charge in [0.05, 0.1) is 6.04 Å². The summed E-state index contributed by atoms with van der Waals surface area (Å²) >= 11 is 0. The van der Waals surface area contributed by atoms with Crippen molar-refractivity contribution in [1.29, 1.82) is 0 Å². The lowest BCUT2D eigenvalue weighted by molar-refractivity contribution is -0.122. The fraction of sp³-hybridized carbons (Fsp3) is 0.588. The first-order chi connectivity index (χ1) is 10.1. The maximum absolute atomic E-state index is 11.9. The summed E-state index contributed by atoms with van der Waals surface area (Å²) in [6.07, 6.45) is 7.73. The molecule has 0 aromatic heterocycles. The van der Waals surface area contributed by atoms with Gasteiger partial charge in [-0.05, 0) is 30.5 Å². The smallest absolute Gasteiger partial charge is 0.237 e. The highest BCUT2D eigenvalue weighted by Gasteiger charge is 2.13. The number of hydrogen-bond donors (Lipinski definition) is 3. The fourth-order valence-electron chi connectivity index (χ4n) is 2.23. The first-order valence-corrected chi connectivity index (χ1v) is 7.94. The molecular weight excluding hydrogens is 264 g/mol. The van der Waals surface area contributed by atoms with Gasteiger partial charge in [-0.3, -0.25) is 4.79 Å². The van der Waals surface area contributed by atoms with Crippen LogP contribution in [0.5, 0.6) is 5.75 Å². The SMILES string of the molecule is CCCCCCCCNC(=O)[C@@H](N)Cc1ccc(O)cc1. The summed E-state index contributed by atoms with van der Waals surface area (Å²) in [5, 5.41) is 12.1. The van der Waals surface area contributed by atoms with Crippen molar-refractivity contribution < 1.29 is 9.90 Å². The molecule has 0 saturated heterocycles. The molecule has 0 fully saturated rings. The minimum absolute atomic E-state index is 0.100. The van der Waals surface area contributed by atoms with Gasteiger partial charge in [0.15, 0.2) is 0 Å². The van der Waals surface area contributed by atoms with Gasteiger partial charge in [-0.25, -0.2) is 0 Å². The van der Waals surface area contributed by atoms with Gasteiger partial charge in [-0.2, -0.15) is 0 Å². The number of unbranched alkanes of at least 4 members (excludes halogenated alkanes) is 5. The highest BCUT2D eigenvalue weighted by molar-refractivity contribution is 5.81. The molecule has 21 heavy (non-hydrogen) atoms. The van der Waals surface area contributed by atoms with Crippen LogP contribution in [0.15, 0.2) is 24.3 Å². The Labute approximate surface area is 127 Å². The van der Waals surface area contributed by atoms with Crippen molar-refractivity contribution in [3.8, 4) is 5.75 Å². The lowest BCUT2D eigenvalue weighted by Crippen LogP contribution is -2.42. The average Bonchev–Trinajstić information content (AvgIpc) is 2.48. The topological polar surface area (TPSA) is 75.4 Å². The van der Waals surface area contributed by atoms with Crippen LogP contribution in [0.4, 0.5) is 0 Å². The Kier molecular flexibility index (Phi) is 8.51. The monoisotopic (exact) mass is 292 g/mol. The molecule has 4 nitrogen and oxygen atoms in total. The standard InChI is InChI=1S/C17H28N2O2/c1-2-3-4-5-6-7-12-19-17(21)16(18)13-14-8-10-15(20)11-9-14/h8-11,16,20H,2-7,12-13,18H2,1H3,(H,19,21)/t16-/m0/s1. The van der Waals surface area contributed by atoms with E-state index in [0.717, 1.165) is 18.4 Å². The zero-order chi connectivity index (χ0) is 15.5. The minimum Gasteiger partial charge on any atom is -0.508 e. The summed E-state index contributed by atoms with van der Waals surface area (Å²) in [7, 11) is 0. The Bertz CT molecular complexity index is 404. The quantitative estimate of drug-likeness (QED) is 0.580. The molecule has 4 N–H and O–H groups in total. The van der Waals surface area contributed by atoms with Crippen LogP contribution in [-0.4, -0.2) is 23.6 Å². The number of rotatable bonds is 10. The number of benzene rings is 1. The molecule has 118 valence electrons. The van der Waals surface area contributed by atoms with Crippen molar-refractivity contribution >= 4 is 5.91 Å². The molecule has 0 aliphatic carbocycles. The number of phenolic OH excluding ortho intramolecular Hbond substituents is 1. The predicted octanol–water partition coefficient (Wildman–Crippen LogP) is 2.74. The van der Waals surface area contributed by atoms with Crippen molar-refractivity contribution in [3.63, 3.8) is 0 Å². The molecule has 0 aliphatic rings. The van der Waals surface area contributed by atoms with E-state index >= 15 is 0 Å². The number of nitrogens with two attached hydrogens (primary N) is 1. The molecule has 0 heterocycles. The second-order valence-corrected chi connectivity index (χ2v) is 5.54. The predicted molar refractivity (Wildman–Crippen MR) is 86.2 cm³/mol. The number of amides is 1. The van der Waals surface area contributed by atoms with Gasteiger partial charge in [0.1, 0.15) is 5.75 Å². The van der Waals surface area contributed by atoms with E-state index in [1.54, 1.807) is 24.3 Å². The summed E-state index contributed by atoms with van der Waals surface area (Å²) in [6, 6.07) is 6.26. The molecular formula is C17H28N2O2. The Morgan fingerprint density at radius 1 is 1.14 bits per heavy atom. The summed E-state index contributed by atoms with van der Waals surface area (Å²) < 4.78 is 0. The van der Waals surface area contributed by atoms with Gasteiger partial charge in [0.25, 0.3) is 0 Å². The lowest BCUT2D eigenvalue weighted by atomic mass is 10.1. The summed E-state index contributed by atoms with van der Waals surface area (Å²) in [5.74, 6) is 0.122. The van der Waals surface area contributed by atoms with Crippen LogP contribution in [0.3, 0.4) is 0 Å². The molecule has 0 saturated carbocycles. The first kappa shape index (κ1) is 17.5. The van der Waals surface area contributed by atoms with E-state index in [4.69, 9.17) is 5.73 Å². The van der Waals surface area contributed by atoms with Gasteiger partial charge < -0.3 is 16.2 Å². The van der Waals surface area contributed by atoms with E-state index in [1.807, 2.05) is 0 Å². The molecule has 1 rings (SSSR count). The van der Waals surface area contributed by atoms with E-state index in [9.17, 15) is 9.90 Å². The Morgan fingerprint density at radius 3 is 2.43 bits per heavy atom. The van der Waals surface area contributed by atoms with Gasteiger partial charge in [0, 0.05) is 6.54 Å². The Hall–Kier alpha value is -1.55. The van der Waals surface area contributed by atoms with Crippen molar-refractivity contribution in [1.82, 2.24) is 5.32 Å². The molecule has 1 aromatic carbocycles. The molecule has 1 atom stereocenters. The van der Waals surface area contributed by atoms with Crippen molar-refractivity contribution in [3.05, 3.63) is 29.8 Å². The van der Waals surface area contributed by atoms with Crippen LogP contribution < -0.4 is 11.1 Å². The molecule has 1 amide bonds. The lowest BCUT2D eigenvalue weighted by Gasteiger charge is -2.12.